The van der Waals surface area contributed by atoms with Crippen LogP contribution in [0.2, 0.25) is 0 Å². The van der Waals surface area contributed by atoms with Gasteiger partial charge in [0.25, 0.3) is 0 Å². The Morgan fingerprint density at radius 1 is 1.29 bits per heavy atom. The smallest absolute Gasteiger partial charge is 0.0633 e. The summed E-state index contributed by atoms with van der Waals surface area (Å²) in [6.45, 7) is 4.07. The minimum Gasteiger partial charge on any atom is -0.394 e. The topological polar surface area (TPSA) is 52.5 Å². The van der Waals surface area contributed by atoms with Crippen LogP contribution < -0.4 is 5.32 Å². The van der Waals surface area contributed by atoms with Gasteiger partial charge in [0.15, 0.2) is 0 Å². The van der Waals surface area contributed by atoms with Crippen molar-refractivity contribution in [1.29, 1.82) is 0 Å². The van der Waals surface area contributed by atoms with Crippen LogP contribution in [0, 0.1) is 5.92 Å². The van der Waals surface area contributed by atoms with Crippen molar-refractivity contribution in [2.24, 2.45) is 5.92 Å². The first kappa shape index (κ1) is 12.0. The highest BCUT2D eigenvalue weighted by atomic mass is 16.3. The second kappa shape index (κ2) is 5.10. The van der Waals surface area contributed by atoms with Gasteiger partial charge in [0, 0.05) is 6.04 Å². The predicted molar refractivity (Wildman–Crippen MR) is 57.1 cm³/mol. The van der Waals surface area contributed by atoms with Gasteiger partial charge in [-0.05, 0) is 25.7 Å². The Morgan fingerprint density at radius 2 is 1.93 bits per heavy atom. The molecule has 3 N–H and O–H groups in total. The van der Waals surface area contributed by atoms with Crippen molar-refractivity contribution in [3.05, 3.63) is 0 Å². The maximum atomic E-state index is 9.18. The third kappa shape index (κ3) is 2.69. The van der Waals surface area contributed by atoms with Crippen molar-refractivity contribution < 1.29 is 10.2 Å². The summed E-state index contributed by atoms with van der Waals surface area (Å²) in [5.74, 6) is 0.715. The van der Waals surface area contributed by atoms with Gasteiger partial charge in [0.1, 0.15) is 0 Å². The van der Waals surface area contributed by atoms with Crippen LogP contribution in [0.3, 0.4) is 0 Å². The summed E-state index contributed by atoms with van der Waals surface area (Å²) < 4.78 is 0. The first-order chi connectivity index (χ1) is 6.65. The highest BCUT2D eigenvalue weighted by molar-refractivity contribution is 4.91. The Balaban J connectivity index is 2.49. The first-order valence-electron chi connectivity index (χ1n) is 5.64. The van der Waals surface area contributed by atoms with E-state index in [0.717, 1.165) is 0 Å². The van der Waals surface area contributed by atoms with Crippen LogP contribution in [0.5, 0.6) is 0 Å². The Hall–Kier alpha value is -0.120. The molecule has 1 aliphatic carbocycles. The van der Waals surface area contributed by atoms with E-state index in [0.29, 0.717) is 12.0 Å². The van der Waals surface area contributed by atoms with Gasteiger partial charge in [0.05, 0.1) is 18.8 Å². The molecule has 0 aromatic heterocycles. The molecule has 3 heteroatoms. The number of rotatable bonds is 5. The fourth-order valence-electron chi connectivity index (χ4n) is 2.30. The summed E-state index contributed by atoms with van der Waals surface area (Å²) in [4.78, 5) is 0. The van der Waals surface area contributed by atoms with E-state index in [1.807, 2.05) is 6.92 Å². The lowest BCUT2D eigenvalue weighted by Crippen LogP contribution is -2.54. The summed E-state index contributed by atoms with van der Waals surface area (Å²) in [6, 6.07) is 0.476. The number of aliphatic hydroxyl groups is 2. The Labute approximate surface area is 86.5 Å². The highest BCUT2D eigenvalue weighted by Gasteiger charge is 2.32. The van der Waals surface area contributed by atoms with Gasteiger partial charge in [0.2, 0.25) is 0 Å². The van der Waals surface area contributed by atoms with E-state index in [1.54, 1.807) is 0 Å². The second-order valence-electron chi connectivity index (χ2n) is 4.73. The molecule has 2 unspecified atom stereocenters. The molecule has 1 rings (SSSR count). The minimum absolute atomic E-state index is 0.00354. The second-order valence-corrected chi connectivity index (χ2v) is 4.73. The molecule has 14 heavy (non-hydrogen) atoms. The monoisotopic (exact) mass is 201 g/mol. The van der Waals surface area contributed by atoms with Crippen molar-refractivity contribution in [1.82, 2.24) is 5.32 Å². The molecule has 1 fully saturated rings. The molecule has 0 spiro atoms. The van der Waals surface area contributed by atoms with Gasteiger partial charge < -0.3 is 15.5 Å². The van der Waals surface area contributed by atoms with Crippen molar-refractivity contribution in [3.8, 4) is 0 Å². The molecular weight excluding hydrogens is 178 g/mol. The number of hydrogen-bond donors (Lipinski definition) is 3. The van der Waals surface area contributed by atoms with Gasteiger partial charge in [-0.25, -0.2) is 0 Å². The maximum absolute atomic E-state index is 9.18. The SMILES string of the molecule is CCC1CCCC1NC(C)(CO)CO. The third-order valence-electron chi connectivity index (χ3n) is 3.42. The van der Waals surface area contributed by atoms with E-state index < -0.39 is 5.54 Å². The van der Waals surface area contributed by atoms with Crippen molar-refractivity contribution in [2.75, 3.05) is 13.2 Å². The van der Waals surface area contributed by atoms with E-state index >= 15 is 0 Å². The quantitative estimate of drug-likeness (QED) is 0.619. The standard InChI is InChI=1S/C11H23NO2/c1-3-9-5-4-6-10(9)12-11(2,7-13)8-14/h9-10,12-14H,3-8H2,1-2H3. The molecule has 0 heterocycles. The van der Waals surface area contributed by atoms with Crippen LogP contribution in [0.1, 0.15) is 39.5 Å². The van der Waals surface area contributed by atoms with Gasteiger partial charge in [-0.15, -0.1) is 0 Å². The lowest BCUT2D eigenvalue weighted by Gasteiger charge is -2.32. The number of hydrogen-bond acceptors (Lipinski definition) is 3. The molecule has 0 amide bonds. The lowest BCUT2D eigenvalue weighted by atomic mass is 9.96. The van der Waals surface area contributed by atoms with Gasteiger partial charge in [-0.2, -0.15) is 0 Å². The minimum atomic E-state index is -0.511. The summed E-state index contributed by atoms with van der Waals surface area (Å²) >= 11 is 0. The van der Waals surface area contributed by atoms with Crippen molar-refractivity contribution in [2.45, 2.75) is 51.1 Å². The van der Waals surface area contributed by atoms with E-state index in [4.69, 9.17) is 0 Å². The average molecular weight is 201 g/mol. The molecule has 0 aliphatic heterocycles. The van der Waals surface area contributed by atoms with Crippen molar-refractivity contribution >= 4 is 0 Å². The number of aliphatic hydroxyl groups excluding tert-OH is 2. The van der Waals surface area contributed by atoms with Crippen LogP contribution in [-0.2, 0) is 0 Å². The molecule has 1 saturated carbocycles. The summed E-state index contributed by atoms with van der Waals surface area (Å²) in [7, 11) is 0. The zero-order chi connectivity index (χ0) is 10.6. The van der Waals surface area contributed by atoms with E-state index in [-0.39, 0.29) is 13.2 Å². The zero-order valence-corrected chi connectivity index (χ0v) is 9.29. The normalized spacial score (nSPS) is 28.3. The third-order valence-corrected chi connectivity index (χ3v) is 3.42. The largest absolute Gasteiger partial charge is 0.394 e. The van der Waals surface area contributed by atoms with Crippen molar-refractivity contribution in [3.63, 3.8) is 0 Å². The van der Waals surface area contributed by atoms with Gasteiger partial charge in [-0.3, -0.25) is 0 Å². The molecule has 84 valence electrons. The number of nitrogens with one attached hydrogen (secondary N) is 1. The predicted octanol–water partition coefficient (Wildman–Crippen LogP) is 0.898. The molecule has 2 atom stereocenters. The molecule has 0 bridgehead atoms. The molecule has 0 aromatic carbocycles. The summed E-state index contributed by atoms with van der Waals surface area (Å²) in [5, 5.41) is 21.8. The van der Waals surface area contributed by atoms with E-state index in [1.165, 1.54) is 25.7 Å². The van der Waals surface area contributed by atoms with E-state index in [9.17, 15) is 10.2 Å². The van der Waals surface area contributed by atoms with Crippen LogP contribution in [0.15, 0.2) is 0 Å². The maximum Gasteiger partial charge on any atom is 0.0633 e. The first-order valence-corrected chi connectivity index (χ1v) is 5.64. The Kier molecular flexibility index (Phi) is 4.35. The lowest BCUT2D eigenvalue weighted by molar-refractivity contribution is 0.0883. The Bertz CT molecular complexity index is 169. The molecule has 1 aliphatic rings. The van der Waals surface area contributed by atoms with E-state index in [2.05, 4.69) is 12.2 Å². The van der Waals surface area contributed by atoms with Crippen LogP contribution in [-0.4, -0.2) is 35.0 Å². The molecule has 3 nitrogen and oxygen atoms in total. The van der Waals surface area contributed by atoms with Crippen LogP contribution in [0.4, 0.5) is 0 Å². The fourth-order valence-corrected chi connectivity index (χ4v) is 2.30. The summed E-state index contributed by atoms with van der Waals surface area (Å²) in [5.41, 5.74) is -0.511. The molecular formula is C11H23NO2. The van der Waals surface area contributed by atoms with Gasteiger partial charge >= 0.3 is 0 Å². The van der Waals surface area contributed by atoms with Gasteiger partial charge in [-0.1, -0.05) is 19.8 Å². The molecule has 0 radical (unpaired) electrons. The summed E-state index contributed by atoms with van der Waals surface area (Å²) in [6.07, 6.45) is 4.91. The molecule has 0 aromatic rings. The highest BCUT2D eigenvalue weighted by Crippen LogP contribution is 2.29. The Morgan fingerprint density at radius 3 is 2.43 bits per heavy atom. The average Bonchev–Trinajstić information content (AvgIpc) is 2.65. The molecule has 0 saturated heterocycles. The van der Waals surface area contributed by atoms with Crippen LogP contribution in [0.25, 0.3) is 0 Å². The fraction of sp³-hybridized carbons (Fsp3) is 1.00. The van der Waals surface area contributed by atoms with Crippen LogP contribution >= 0.6 is 0 Å². The zero-order valence-electron chi connectivity index (χ0n) is 9.29.